The van der Waals surface area contributed by atoms with E-state index in [1.54, 1.807) is 11.8 Å². The molecular formula is C10H19N3O4S. The van der Waals surface area contributed by atoms with E-state index in [4.69, 9.17) is 10.8 Å². The van der Waals surface area contributed by atoms with Gasteiger partial charge in [-0.15, -0.1) is 0 Å². The molecule has 0 bridgehead atoms. The van der Waals surface area contributed by atoms with Gasteiger partial charge in [-0.05, 0) is 24.9 Å². The maximum atomic E-state index is 11.4. The second kappa shape index (κ2) is 9.58. The van der Waals surface area contributed by atoms with Gasteiger partial charge in [0.2, 0.25) is 5.91 Å². The summed E-state index contributed by atoms with van der Waals surface area (Å²) in [4.78, 5) is 32.7. The van der Waals surface area contributed by atoms with Gasteiger partial charge in [0.15, 0.2) is 0 Å². The number of carbonyl (C=O) groups excluding carboxylic acids is 2. The van der Waals surface area contributed by atoms with Crippen molar-refractivity contribution >= 4 is 29.7 Å². The third-order valence-corrected chi connectivity index (χ3v) is 2.79. The van der Waals surface area contributed by atoms with Gasteiger partial charge in [-0.1, -0.05) is 0 Å². The fourth-order valence-corrected chi connectivity index (χ4v) is 1.60. The fraction of sp³-hybridized carbons (Fsp3) is 0.700. The summed E-state index contributed by atoms with van der Waals surface area (Å²) >= 11 is 1.67. The number of thioether (sulfide) groups is 1. The van der Waals surface area contributed by atoms with Crippen LogP contribution in [0.5, 0.6) is 0 Å². The first-order valence-corrected chi connectivity index (χ1v) is 6.91. The van der Waals surface area contributed by atoms with Gasteiger partial charge in [-0.25, -0.2) is 9.59 Å². The predicted octanol–water partition coefficient (Wildman–Crippen LogP) is -0.243. The molecule has 0 aliphatic carbocycles. The Hall–Kier alpha value is -1.44. The van der Waals surface area contributed by atoms with Gasteiger partial charge in [0.1, 0.15) is 6.04 Å². The first-order valence-electron chi connectivity index (χ1n) is 5.51. The number of hydrogen-bond donors (Lipinski definition) is 4. The number of carbonyl (C=O) groups is 3. The molecule has 0 aromatic rings. The van der Waals surface area contributed by atoms with Crippen molar-refractivity contribution in [2.24, 2.45) is 5.73 Å². The third-order valence-electron chi connectivity index (χ3n) is 2.09. The minimum atomic E-state index is -1.18. The quantitative estimate of drug-likeness (QED) is 0.433. The summed E-state index contributed by atoms with van der Waals surface area (Å²) in [6, 6.07) is -1.65. The standard InChI is InChI=1S/C10H19N3O4S/c1-18-6-2-5-12-10(17)13-7(9(15)16)3-4-8(11)14/h7H,2-6H2,1H3,(H2,11,14)(H,15,16)(H2,12,13,17)/t7-/m1/s1. The van der Waals surface area contributed by atoms with E-state index in [1.807, 2.05) is 6.26 Å². The molecule has 0 aliphatic rings. The lowest BCUT2D eigenvalue weighted by Crippen LogP contribution is -2.46. The number of nitrogens with two attached hydrogens (primary N) is 1. The zero-order chi connectivity index (χ0) is 14.0. The molecule has 0 rings (SSSR count). The Morgan fingerprint density at radius 1 is 1.39 bits per heavy atom. The molecule has 0 aliphatic heterocycles. The van der Waals surface area contributed by atoms with Crippen LogP contribution in [0.2, 0.25) is 0 Å². The molecule has 7 nitrogen and oxygen atoms in total. The molecular weight excluding hydrogens is 258 g/mol. The highest BCUT2D eigenvalue weighted by molar-refractivity contribution is 7.98. The van der Waals surface area contributed by atoms with Crippen LogP contribution in [0, 0.1) is 0 Å². The van der Waals surface area contributed by atoms with Crippen LogP contribution in [0.1, 0.15) is 19.3 Å². The van der Waals surface area contributed by atoms with E-state index >= 15 is 0 Å². The third kappa shape index (κ3) is 8.68. The number of nitrogens with one attached hydrogen (secondary N) is 2. The van der Waals surface area contributed by atoms with Crippen molar-refractivity contribution in [3.05, 3.63) is 0 Å². The number of carboxylic acid groups (broad SMARTS) is 1. The van der Waals surface area contributed by atoms with E-state index in [0.29, 0.717) is 6.54 Å². The molecule has 0 aromatic carbocycles. The molecule has 0 fully saturated rings. The van der Waals surface area contributed by atoms with E-state index < -0.39 is 23.9 Å². The maximum absolute atomic E-state index is 11.4. The molecule has 3 amide bonds. The molecule has 0 aromatic heterocycles. The first-order chi connectivity index (χ1) is 8.47. The molecule has 18 heavy (non-hydrogen) atoms. The van der Waals surface area contributed by atoms with Gasteiger partial charge in [0.05, 0.1) is 0 Å². The molecule has 0 spiro atoms. The lowest BCUT2D eigenvalue weighted by atomic mass is 10.1. The number of hydrogen-bond acceptors (Lipinski definition) is 4. The van der Waals surface area contributed by atoms with E-state index in [9.17, 15) is 14.4 Å². The summed E-state index contributed by atoms with van der Waals surface area (Å²) in [5, 5.41) is 13.7. The fourth-order valence-electron chi connectivity index (χ4n) is 1.17. The summed E-state index contributed by atoms with van der Waals surface area (Å²) in [6.45, 7) is 0.481. The normalized spacial score (nSPS) is 11.6. The molecule has 0 heterocycles. The number of amides is 3. The van der Waals surface area contributed by atoms with E-state index in [0.717, 1.165) is 12.2 Å². The highest BCUT2D eigenvalue weighted by Gasteiger charge is 2.20. The van der Waals surface area contributed by atoms with Crippen molar-refractivity contribution in [2.75, 3.05) is 18.6 Å². The zero-order valence-electron chi connectivity index (χ0n) is 10.3. The van der Waals surface area contributed by atoms with Crippen molar-refractivity contribution in [1.29, 1.82) is 0 Å². The number of carboxylic acids is 1. The van der Waals surface area contributed by atoms with Crippen LogP contribution in [-0.4, -0.2) is 47.6 Å². The maximum Gasteiger partial charge on any atom is 0.326 e. The summed E-state index contributed by atoms with van der Waals surface area (Å²) < 4.78 is 0. The Kier molecular flexibility index (Phi) is 8.81. The Labute approximate surface area is 110 Å². The van der Waals surface area contributed by atoms with Crippen molar-refractivity contribution < 1.29 is 19.5 Å². The predicted molar refractivity (Wildman–Crippen MR) is 69.4 cm³/mol. The SMILES string of the molecule is CSCCCNC(=O)N[C@H](CCC(N)=O)C(=O)O. The number of rotatable bonds is 9. The van der Waals surface area contributed by atoms with Crippen molar-refractivity contribution in [3.8, 4) is 0 Å². The molecule has 1 atom stereocenters. The Morgan fingerprint density at radius 2 is 2.06 bits per heavy atom. The van der Waals surface area contributed by atoms with Crippen LogP contribution in [-0.2, 0) is 9.59 Å². The zero-order valence-corrected chi connectivity index (χ0v) is 11.1. The van der Waals surface area contributed by atoms with Crippen LogP contribution < -0.4 is 16.4 Å². The Balaban J connectivity index is 3.96. The van der Waals surface area contributed by atoms with Crippen LogP contribution in [0.4, 0.5) is 4.79 Å². The number of aliphatic carboxylic acids is 1. The van der Waals surface area contributed by atoms with Crippen LogP contribution in [0.3, 0.4) is 0 Å². The largest absolute Gasteiger partial charge is 0.480 e. The van der Waals surface area contributed by atoms with Crippen molar-refractivity contribution in [1.82, 2.24) is 10.6 Å². The number of primary amides is 1. The summed E-state index contributed by atoms with van der Waals surface area (Å²) in [6.07, 6.45) is 2.69. The van der Waals surface area contributed by atoms with Gasteiger partial charge in [0.25, 0.3) is 0 Å². The highest BCUT2D eigenvalue weighted by atomic mass is 32.2. The molecule has 0 saturated carbocycles. The summed E-state index contributed by atoms with van der Waals surface area (Å²) in [5.74, 6) is -0.858. The molecule has 0 radical (unpaired) electrons. The number of urea groups is 1. The van der Waals surface area contributed by atoms with Gasteiger partial charge in [-0.2, -0.15) is 11.8 Å². The summed E-state index contributed by atoms with van der Waals surface area (Å²) in [7, 11) is 0. The van der Waals surface area contributed by atoms with Crippen LogP contribution in [0.15, 0.2) is 0 Å². The van der Waals surface area contributed by atoms with Crippen LogP contribution >= 0.6 is 11.8 Å². The van der Waals surface area contributed by atoms with Gasteiger partial charge >= 0.3 is 12.0 Å². The van der Waals surface area contributed by atoms with Gasteiger partial charge in [-0.3, -0.25) is 4.79 Å². The lowest BCUT2D eigenvalue weighted by Gasteiger charge is -2.14. The van der Waals surface area contributed by atoms with Crippen molar-refractivity contribution in [3.63, 3.8) is 0 Å². The van der Waals surface area contributed by atoms with Gasteiger partial charge < -0.3 is 21.5 Å². The molecule has 5 N–H and O–H groups in total. The topological polar surface area (TPSA) is 122 Å². The average molecular weight is 277 g/mol. The van der Waals surface area contributed by atoms with Crippen molar-refractivity contribution in [2.45, 2.75) is 25.3 Å². The molecule has 104 valence electrons. The van der Waals surface area contributed by atoms with E-state index in [-0.39, 0.29) is 12.8 Å². The molecule has 0 saturated heterocycles. The minimum absolute atomic E-state index is 0.0110. The average Bonchev–Trinajstić information content (AvgIpc) is 2.29. The second-order valence-corrected chi connectivity index (χ2v) is 4.63. The van der Waals surface area contributed by atoms with E-state index in [1.165, 1.54) is 0 Å². The lowest BCUT2D eigenvalue weighted by molar-refractivity contribution is -0.139. The molecule has 8 heteroatoms. The minimum Gasteiger partial charge on any atom is -0.480 e. The Morgan fingerprint density at radius 3 is 2.56 bits per heavy atom. The monoisotopic (exact) mass is 277 g/mol. The highest BCUT2D eigenvalue weighted by Crippen LogP contribution is 1.97. The first kappa shape index (κ1) is 16.6. The van der Waals surface area contributed by atoms with Crippen LogP contribution in [0.25, 0.3) is 0 Å². The smallest absolute Gasteiger partial charge is 0.326 e. The van der Waals surface area contributed by atoms with E-state index in [2.05, 4.69) is 10.6 Å². The second-order valence-electron chi connectivity index (χ2n) is 3.64. The van der Waals surface area contributed by atoms with Gasteiger partial charge in [0, 0.05) is 13.0 Å². The Bertz CT molecular complexity index is 299. The molecule has 0 unspecified atom stereocenters. The summed E-state index contributed by atoms with van der Waals surface area (Å²) in [5.41, 5.74) is 4.92.